The van der Waals surface area contributed by atoms with Crippen LogP contribution in [0.4, 0.5) is 18.9 Å². The van der Waals surface area contributed by atoms with Gasteiger partial charge in [0.15, 0.2) is 0 Å². The molecule has 1 aromatic carbocycles. The van der Waals surface area contributed by atoms with E-state index in [1.165, 1.54) is 18.2 Å². The van der Waals surface area contributed by atoms with Crippen LogP contribution in [-0.2, 0) is 14.6 Å². The third-order valence-electron chi connectivity index (χ3n) is 2.49. The number of hydrogen-bond donors (Lipinski definition) is 2. The van der Waals surface area contributed by atoms with Crippen LogP contribution < -0.4 is 10.6 Å². The average Bonchev–Trinajstić information content (AvgIpc) is 2.41. The summed E-state index contributed by atoms with van der Waals surface area (Å²) in [7, 11) is -5.47. The van der Waals surface area contributed by atoms with Crippen molar-refractivity contribution in [1.29, 1.82) is 0 Å². The summed E-state index contributed by atoms with van der Waals surface area (Å²) in [5.41, 5.74) is -5.66. The third kappa shape index (κ3) is 4.35. The Morgan fingerprint density at radius 1 is 1.24 bits per heavy atom. The topological polar surface area (TPSA) is 75.3 Å². The number of anilines is 1. The second kappa shape index (κ2) is 6.79. The highest BCUT2D eigenvalue weighted by atomic mass is 32.2. The highest BCUT2D eigenvalue weighted by Crippen LogP contribution is 2.34. The molecule has 1 aromatic rings. The number of nitrogens with one attached hydrogen (secondary N) is 2. The van der Waals surface area contributed by atoms with Crippen LogP contribution in [0.25, 0.3) is 0 Å². The molecule has 0 atom stereocenters. The largest absolute Gasteiger partial charge is 0.501 e. The second-order valence-corrected chi connectivity index (χ2v) is 6.06. The zero-order valence-electron chi connectivity index (χ0n) is 11.2. The molecule has 2 N–H and O–H groups in total. The van der Waals surface area contributed by atoms with Crippen molar-refractivity contribution >= 4 is 21.4 Å². The predicted molar refractivity (Wildman–Crippen MR) is 71.5 cm³/mol. The average molecular weight is 324 g/mol. The summed E-state index contributed by atoms with van der Waals surface area (Å²) >= 11 is 0. The predicted octanol–water partition coefficient (Wildman–Crippen LogP) is 1.92. The van der Waals surface area contributed by atoms with Crippen molar-refractivity contribution in [2.75, 3.05) is 18.4 Å². The van der Waals surface area contributed by atoms with E-state index in [2.05, 4.69) is 10.6 Å². The van der Waals surface area contributed by atoms with Crippen LogP contribution in [-0.4, -0.2) is 32.9 Å². The normalized spacial score (nSPS) is 12.0. The smallest absolute Gasteiger partial charge is 0.375 e. The first-order valence-electron chi connectivity index (χ1n) is 6.11. The fraction of sp³-hybridized carbons (Fsp3) is 0.417. The van der Waals surface area contributed by atoms with Crippen molar-refractivity contribution in [3.63, 3.8) is 0 Å². The maximum Gasteiger partial charge on any atom is 0.501 e. The highest BCUT2D eigenvalue weighted by molar-refractivity contribution is 7.92. The van der Waals surface area contributed by atoms with E-state index in [4.69, 9.17) is 0 Å². The lowest BCUT2D eigenvalue weighted by Gasteiger charge is -2.14. The Morgan fingerprint density at radius 3 is 2.43 bits per heavy atom. The van der Waals surface area contributed by atoms with E-state index >= 15 is 0 Å². The van der Waals surface area contributed by atoms with E-state index in [1.807, 2.05) is 6.92 Å². The van der Waals surface area contributed by atoms with Gasteiger partial charge in [-0.1, -0.05) is 19.1 Å². The molecular formula is C12H15F3N2O3S. The Hall–Kier alpha value is -1.77. The second-order valence-electron chi connectivity index (χ2n) is 4.15. The standard InChI is InChI=1S/C12H15F3N2O3S/c1-2-7-16-11(18)8-17-9-5-3-4-6-10(9)21(19,20)12(13,14)15/h3-6,17H,2,7-8H2,1H3,(H,16,18). The minimum atomic E-state index is -5.47. The molecule has 0 saturated carbocycles. The van der Waals surface area contributed by atoms with E-state index in [9.17, 15) is 26.4 Å². The molecule has 9 heteroatoms. The van der Waals surface area contributed by atoms with Crippen molar-refractivity contribution in [3.05, 3.63) is 24.3 Å². The van der Waals surface area contributed by atoms with Crippen LogP contribution in [0.1, 0.15) is 13.3 Å². The van der Waals surface area contributed by atoms with Gasteiger partial charge in [-0.3, -0.25) is 4.79 Å². The minimum absolute atomic E-state index is 0.263. The molecular weight excluding hydrogens is 309 g/mol. The SMILES string of the molecule is CCCNC(=O)CNc1ccccc1S(=O)(=O)C(F)(F)F. The summed E-state index contributed by atoms with van der Waals surface area (Å²) in [4.78, 5) is 10.5. The van der Waals surface area contributed by atoms with Crippen LogP contribution in [0.2, 0.25) is 0 Å². The number of rotatable bonds is 6. The molecule has 0 bridgehead atoms. The van der Waals surface area contributed by atoms with Crippen molar-refractivity contribution in [2.45, 2.75) is 23.7 Å². The van der Waals surface area contributed by atoms with Crippen molar-refractivity contribution in [2.24, 2.45) is 0 Å². The summed E-state index contributed by atoms with van der Waals surface area (Å²) in [5, 5.41) is 4.93. The molecule has 0 aliphatic heterocycles. The van der Waals surface area contributed by atoms with Gasteiger partial charge >= 0.3 is 5.51 Å². The lowest BCUT2D eigenvalue weighted by molar-refractivity contribution is -0.119. The van der Waals surface area contributed by atoms with Gasteiger partial charge in [0, 0.05) is 6.54 Å². The van der Waals surface area contributed by atoms with Gasteiger partial charge in [0.25, 0.3) is 9.84 Å². The molecule has 0 radical (unpaired) electrons. The van der Waals surface area contributed by atoms with Crippen molar-refractivity contribution in [3.8, 4) is 0 Å². The Kier molecular flexibility index (Phi) is 5.59. The molecule has 0 aliphatic rings. The van der Waals surface area contributed by atoms with Gasteiger partial charge in [0.05, 0.1) is 17.1 Å². The molecule has 0 heterocycles. The molecule has 118 valence electrons. The van der Waals surface area contributed by atoms with Gasteiger partial charge in [0.1, 0.15) is 0 Å². The number of sulfone groups is 1. The summed E-state index contributed by atoms with van der Waals surface area (Å²) in [5.74, 6) is -0.434. The lowest BCUT2D eigenvalue weighted by Crippen LogP contribution is -2.31. The summed E-state index contributed by atoms with van der Waals surface area (Å²) in [6.07, 6.45) is 0.713. The number of amides is 1. The molecule has 0 fully saturated rings. The number of carbonyl (C=O) groups is 1. The Bertz CT molecular complexity index is 600. The first-order valence-corrected chi connectivity index (χ1v) is 7.59. The van der Waals surface area contributed by atoms with Gasteiger partial charge in [-0.05, 0) is 18.6 Å². The molecule has 0 aliphatic carbocycles. The number of hydrogen-bond acceptors (Lipinski definition) is 4. The van der Waals surface area contributed by atoms with Crippen LogP contribution in [0.5, 0.6) is 0 Å². The molecule has 5 nitrogen and oxygen atoms in total. The number of halogens is 3. The van der Waals surface area contributed by atoms with Crippen LogP contribution in [0.15, 0.2) is 29.2 Å². The number of carbonyl (C=O) groups excluding carboxylic acids is 1. The molecule has 21 heavy (non-hydrogen) atoms. The van der Waals surface area contributed by atoms with E-state index < -0.39 is 26.1 Å². The summed E-state index contributed by atoms with van der Waals surface area (Å²) < 4.78 is 60.6. The molecule has 0 unspecified atom stereocenters. The van der Waals surface area contributed by atoms with Gasteiger partial charge in [0.2, 0.25) is 5.91 Å². The van der Waals surface area contributed by atoms with E-state index in [0.29, 0.717) is 13.0 Å². The van der Waals surface area contributed by atoms with Crippen molar-refractivity contribution < 1.29 is 26.4 Å². The summed E-state index contributed by atoms with van der Waals surface area (Å²) in [6.45, 7) is 1.96. The summed E-state index contributed by atoms with van der Waals surface area (Å²) in [6, 6.07) is 4.57. The van der Waals surface area contributed by atoms with Gasteiger partial charge in [-0.25, -0.2) is 8.42 Å². The fourth-order valence-corrected chi connectivity index (χ4v) is 2.41. The van der Waals surface area contributed by atoms with E-state index in [-0.39, 0.29) is 12.2 Å². The first kappa shape index (κ1) is 17.3. The third-order valence-corrected chi connectivity index (χ3v) is 4.04. The van der Waals surface area contributed by atoms with Gasteiger partial charge < -0.3 is 10.6 Å². The lowest BCUT2D eigenvalue weighted by atomic mass is 10.3. The molecule has 0 saturated heterocycles. The Morgan fingerprint density at radius 2 is 1.86 bits per heavy atom. The number of para-hydroxylation sites is 1. The zero-order valence-corrected chi connectivity index (χ0v) is 12.0. The van der Waals surface area contributed by atoms with Gasteiger partial charge in [-0.2, -0.15) is 13.2 Å². The van der Waals surface area contributed by atoms with E-state index in [0.717, 1.165) is 6.07 Å². The van der Waals surface area contributed by atoms with Crippen molar-refractivity contribution in [1.82, 2.24) is 5.32 Å². The molecule has 1 amide bonds. The van der Waals surface area contributed by atoms with Crippen LogP contribution in [0, 0.1) is 0 Å². The molecule has 1 rings (SSSR count). The van der Waals surface area contributed by atoms with Crippen LogP contribution >= 0.6 is 0 Å². The van der Waals surface area contributed by atoms with Crippen LogP contribution in [0.3, 0.4) is 0 Å². The number of benzene rings is 1. The maximum atomic E-state index is 12.6. The highest BCUT2D eigenvalue weighted by Gasteiger charge is 2.47. The minimum Gasteiger partial charge on any atom is -0.375 e. The number of alkyl halides is 3. The molecule has 0 aromatic heterocycles. The molecule has 0 spiro atoms. The zero-order chi connectivity index (χ0) is 16.1. The van der Waals surface area contributed by atoms with Gasteiger partial charge in [-0.15, -0.1) is 0 Å². The van der Waals surface area contributed by atoms with E-state index in [1.54, 1.807) is 0 Å². The quantitative estimate of drug-likeness (QED) is 0.838. The monoisotopic (exact) mass is 324 g/mol. The fourth-order valence-electron chi connectivity index (χ4n) is 1.47. The maximum absolute atomic E-state index is 12.6. The Balaban J connectivity index is 2.94. The first-order chi connectivity index (χ1) is 9.70. The Labute approximate surface area is 120 Å².